The van der Waals surface area contributed by atoms with Crippen LogP contribution >= 0.6 is 0 Å². The summed E-state index contributed by atoms with van der Waals surface area (Å²) in [5.74, 6) is 4.63. The molecule has 2 rings (SSSR count). The van der Waals surface area contributed by atoms with E-state index >= 15 is 0 Å². The van der Waals surface area contributed by atoms with Crippen LogP contribution in [0, 0.1) is 11.8 Å². The standard InChI is InChI=1S/C18H14O4/c1-21-17(19)15-10-6-9-14(16(15)18(20)22-2)12-11-13-7-4-3-5-8-13/h3-10H,1-2H3. The predicted octanol–water partition coefficient (Wildman–Crippen LogP) is 2.66. The molecule has 0 radical (unpaired) electrons. The number of esters is 2. The molecule has 0 unspecified atom stereocenters. The molecule has 0 aromatic heterocycles. The number of rotatable bonds is 2. The van der Waals surface area contributed by atoms with Crippen LogP contribution in [-0.2, 0) is 9.47 Å². The fourth-order valence-corrected chi connectivity index (χ4v) is 1.92. The Labute approximate surface area is 128 Å². The number of carbonyl (C=O) groups excluding carboxylic acids is 2. The van der Waals surface area contributed by atoms with Crippen molar-refractivity contribution in [3.8, 4) is 11.8 Å². The molecule has 2 aromatic rings. The highest BCUT2D eigenvalue weighted by molar-refractivity contribution is 6.04. The molecule has 0 saturated carbocycles. The van der Waals surface area contributed by atoms with Crippen molar-refractivity contribution in [3.05, 3.63) is 70.8 Å². The van der Waals surface area contributed by atoms with Gasteiger partial charge in [-0.05, 0) is 24.3 Å². The van der Waals surface area contributed by atoms with Gasteiger partial charge in [-0.25, -0.2) is 9.59 Å². The minimum atomic E-state index is -0.627. The Hall–Kier alpha value is -3.06. The highest BCUT2D eigenvalue weighted by Crippen LogP contribution is 2.17. The third kappa shape index (κ3) is 3.33. The molecule has 0 N–H and O–H groups in total. The van der Waals surface area contributed by atoms with E-state index in [1.807, 2.05) is 30.3 Å². The average molecular weight is 294 g/mol. The van der Waals surface area contributed by atoms with Gasteiger partial charge in [0.05, 0.1) is 25.3 Å². The van der Waals surface area contributed by atoms with Gasteiger partial charge in [0.15, 0.2) is 0 Å². The maximum atomic E-state index is 12.0. The minimum absolute atomic E-state index is 0.111. The van der Waals surface area contributed by atoms with Crippen LogP contribution in [0.5, 0.6) is 0 Å². The van der Waals surface area contributed by atoms with Crippen LogP contribution in [0.3, 0.4) is 0 Å². The van der Waals surface area contributed by atoms with Crippen LogP contribution in [-0.4, -0.2) is 26.2 Å². The topological polar surface area (TPSA) is 52.6 Å². The largest absolute Gasteiger partial charge is 0.465 e. The van der Waals surface area contributed by atoms with Crippen LogP contribution < -0.4 is 0 Å². The van der Waals surface area contributed by atoms with Gasteiger partial charge in [-0.2, -0.15) is 0 Å². The zero-order valence-electron chi connectivity index (χ0n) is 12.3. The number of carbonyl (C=O) groups is 2. The monoisotopic (exact) mass is 294 g/mol. The van der Waals surface area contributed by atoms with E-state index < -0.39 is 11.9 Å². The summed E-state index contributed by atoms with van der Waals surface area (Å²) in [5.41, 5.74) is 1.47. The van der Waals surface area contributed by atoms with E-state index in [1.54, 1.807) is 12.1 Å². The molecule has 22 heavy (non-hydrogen) atoms. The second-order valence-corrected chi connectivity index (χ2v) is 4.33. The van der Waals surface area contributed by atoms with Gasteiger partial charge in [0.1, 0.15) is 0 Å². The molecule has 0 spiro atoms. The van der Waals surface area contributed by atoms with Crippen LogP contribution in [0.4, 0.5) is 0 Å². The second-order valence-electron chi connectivity index (χ2n) is 4.33. The molecule has 0 saturated heterocycles. The first kappa shape index (κ1) is 15.3. The number of hydrogen-bond acceptors (Lipinski definition) is 4. The van der Waals surface area contributed by atoms with Crippen LogP contribution in [0.15, 0.2) is 48.5 Å². The average Bonchev–Trinajstić information content (AvgIpc) is 2.59. The first-order chi connectivity index (χ1) is 10.7. The van der Waals surface area contributed by atoms with Crippen molar-refractivity contribution in [2.45, 2.75) is 0 Å². The Morgan fingerprint density at radius 1 is 0.818 bits per heavy atom. The fraction of sp³-hybridized carbons (Fsp3) is 0.111. The van der Waals surface area contributed by atoms with E-state index in [0.29, 0.717) is 5.56 Å². The maximum absolute atomic E-state index is 12.0. The molecule has 0 aliphatic heterocycles. The maximum Gasteiger partial charge on any atom is 0.340 e. The summed E-state index contributed by atoms with van der Waals surface area (Å²) in [7, 11) is 2.51. The molecule has 0 amide bonds. The van der Waals surface area contributed by atoms with Crippen molar-refractivity contribution in [2.75, 3.05) is 14.2 Å². The Balaban J connectivity index is 2.54. The van der Waals surface area contributed by atoms with E-state index in [-0.39, 0.29) is 11.1 Å². The molecule has 0 bridgehead atoms. The Morgan fingerprint density at radius 2 is 1.50 bits per heavy atom. The Morgan fingerprint density at radius 3 is 2.14 bits per heavy atom. The minimum Gasteiger partial charge on any atom is -0.465 e. The smallest absolute Gasteiger partial charge is 0.340 e. The van der Waals surface area contributed by atoms with Gasteiger partial charge in [0, 0.05) is 11.1 Å². The molecule has 0 aliphatic carbocycles. The first-order valence-corrected chi connectivity index (χ1v) is 6.54. The van der Waals surface area contributed by atoms with Crippen LogP contribution in [0.25, 0.3) is 0 Å². The number of hydrogen-bond donors (Lipinski definition) is 0. The van der Waals surface area contributed by atoms with E-state index in [0.717, 1.165) is 5.56 Å². The summed E-state index contributed by atoms with van der Waals surface area (Å²) in [5, 5.41) is 0. The summed E-state index contributed by atoms with van der Waals surface area (Å²) < 4.78 is 9.44. The fourth-order valence-electron chi connectivity index (χ4n) is 1.92. The second kappa shape index (κ2) is 7.09. The highest BCUT2D eigenvalue weighted by atomic mass is 16.5. The normalized spacial score (nSPS) is 9.36. The highest BCUT2D eigenvalue weighted by Gasteiger charge is 2.21. The van der Waals surface area contributed by atoms with Gasteiger partial charge >= 0.3 is 11.9 Å². The van der Waals surface area contributed by atoms with E-state index in [1.165, 1.54) is 20.3 Å². The molecule has 0 fully saturated rings. The number of methoxy groups -OCH3 is 2. The number of benzene rings is 2. The molecule has 0 atom stereocenters. The summed E-state index contributed by atoms with van der Waals surface area (Å²) in [6.45, 7) is 0. The molecule has 0 aliphatic rings. The third-order valence-corrected chi connectivity index (χ3v) is 2.97. The van der Waals surface area contributed by atoms with Crippen molar-refractivity contribution in [3.63, 3.8) is 0 Å². The molecule has 0 heterocycles. The Bertz CT molecular complexity index is 752. The van der Waals surface area contributed by atoms with Crippen molar-refractivity contribution in [1.82, 2.24) is 0 Å². The van der Waals surface area contributed by atoms with Crippen LogP contribution in [0.2, 0.25) is 0 Å². The van der Waals surface area contributed by atoms with Gasteiger partial charge in [-0.3, -0.25) is 0 Å². The van der Waals surface area contributed by atoms with Gasteiger partial charge < -0.3 is 9.47 Å². The lowest BCUT2D eigenvalue weighted by Crippen LogP contribution is -2.13. The summed E-state index contributed by atoms with van der Waals surface area (Å²) in [4.78, 5) is 23.8. The lowest BCUT2D eigenvalue weighted by Gasteiger charge is -2.08. The van der Waals surface area contributed by atoms with Gasteiger partial charge in [0.2, 0.25) is 0 Å². The van der Waals surface area contributed by atoms with Crippen molar-refractivity contribution in [1.29, 1.82) is 0 Å². The third-order valence-electron chi connectivity index (χ3n) is 2.97. The quantitative estimate of drug-likeness (QED) is 0.631. The number of ether oxygens (including phenoxy) is 2. The zero-order valence-corrected chi connectivity index (χ0v) is 12.3. The zero-order chi connectivity index (χ0) is 15.9. The molecule has 4 heteroatoms. The van der Waals surface area contributed by atoms with Gasteiger partial charge in [0.25, 0.3) is 0 Å². The van der Waals surface area contributed by atoms with Crippen molar-refractivity contribution < 1.29 is 19.1 Å². The van der Waals surface area contributed by atoms with Gasteiger partial charge in [-0.1, -0.05) is 36.1 Å². The van der Waals surface area contributed by atoms with Gasteiger partial charge in [-0.15, -0.1) is 0 Å². The predicted molar refractivity (Wildman–Crippen MR) is 81.5 cm³/mol. The lowest BCUT2D eigenvalue weighted by molar-refractivity contribution is 0.0555. The SMILES string of the molecule is COC(=O)c1cccc(C#Cc2ccccc2)c1C(=O)OC. The van der Waals surface area contributed by atoms with Crippen LogP contribution in [0.1, 0.15) is 31.8 Å². The summed E-state index contributed by atoms with van der Waals surface area (Å²) in [6, 6.07) is 14.2. The van der Waals surface area contributed by atoms with Crippen molar-refractivity contribution in [2.24, 2.45) is 0 Å². The van der Waals surface area contributed by atoms with E-state index in [4.69, 9.17) is 9.47 Å². The molecule has 4 nitrogen and oxygen atoms in total. The Kier molecular flexibility index (Phi) is 4.94. The summed E-state index contributed by atoms with van der Waals surface area (Å²) >= 11 is 0. The van der Waals surface area contributed by atoms with Crippen molar-refractivity contribution >= 4 is 11.9 Å². The van der Waals surface area contributed by atoms with E-state index in [9.17, 15) is 9.59 Å². The molecular weight excluding hydrogens is 280 g/mol. The van der Waals surface area contributed by atoms with E-state index in [2.05, 4.69) is 11.8 Å². The molecule has 2 aromatic carbocycles. The molecular formula is C18H14O4. The lowest BCUT2D eigenvalue weighted by atomic mass is 10.0. The molecule has 110 valence electrons. The first-order valence-electron chi connectivity index (χ1n) is 6.54. The summed E-state index contributed by atoms with van der Waals surface area (Å²) in [6.07, 6.45) is 0.